The second-order valence-corrected chi connectivity index (χ2v) is 9.88. The maximum Gasteiger partial charge on any atom is 0.253 e. The molecular formula is C25H35ClN4O4. The third-order valence-corrected chi connectivity index (χ3v) is 6.63. The Balaban J connectivity index is 1.46. The van der Waals surface area contributed by atoms with Gasteiger partial charge >= 0.3 is 0 Å². The summed E-state index contributed by atoms with van der Waals surface area (Å²) in [5.41, 5.74) is 2.94. The third kappa shape index (κ3) is 5.85. The minimum absolute atomic E-state index is 0.0134. The van der Waals surface area contributed by atoms with Gasteiger partial charge in [0.1, 0.15) is 11.3 Å². The first-order valence-electron chi connectivity index (χ1n) is 12.0. The number of aromatic nitrogens is 2. The van der Waals surface area contributed by atoms with Crippen LogP contribution in [0.3, 0.4) is 0 Å². The molecule has 1 aromatic carbocycles. The molecule has 0 radical (unpaired) electrons. The number of morpholine rings is 1. The van der Waals surface area contributed by atoms with Gasteiger partial charge in [-0.15, -0.1) is 0 Å². The first-order chi connectivity index (χ1) is 16.3. The quantitative estimate of drug-likeness (QED) is 0.592. The van der Waals surface area contributed by atoms with Crippen molar-refractivity contribution < 1.29 is 19.0 Å². The number of fused-ring (bicyclic) bond motifs is 1. The Labute approximate surface area is 206 Å². The van der Waals surface area contributed by atoms with Crippen molar-refractivity contribution in [3.05, 3.63) is 40.2 Å². The minimum Gasteiger partial charge on any atom is -0.490 e. The molecule has 1 amide bonds. The largest absolute Gasteiger partial charge is 0.490 e. The van der Waals surface area contributed by atoms with E-state index in [9.17, 15) is 4.79 Å². The highest BCUT2D eigenvalue weighted by molar-refractivity contribution is 6.30. The number of hydrogen-bond donors (Lipinski definition) is 0. The minimum atomic E-state index is -0.510. The van der Waals surface area contributed by atoms with E-state index in [1.807, 2.05) is 37.1 Å². The Morgan fingerprint density at radius 1 is 1.24 bits per heavy atom. The summed E-state index contributed by atoms with van der Waals surface area (Å²) >= 11 is 6.44. The normalized spacial score (nSPS) is 18.7. The number of amides is 1. The lowest BCUT2D eigenvalue weighted by Gasteiger charge is -2.35. The number of rotatable bonds is 7. The first-order valence-corrected chi connectivity index (χ1v) is 12.4. The summed E-state index contributed by atoms with van der Waals surface area (Å²) in [5.74, 6) is 1.86. The number of nitrogens with zero attached hydrogens (tertiary/aromatic N) is 4. The highest BCUT2D eigenvalue weighted by Crippen LogP contribution is 2.31. The van der Waals surface area contributed by atoms with Crippen LogP contribution in [0.25, 0.3) is 0 Å². The van der Waals surface area contributed by atoms with Gasteiger partial charge in [-0.3, -0.25) is 14.4 Å². The van der Waals surface area contributed by atoms with Crippen LogP contribution >= 0.6 is 11.6 Å². The van der Waals surface area contributed by atoms with Gasteiger partial charge < -0.3 is 19.1 Å². The number of aryl methyl sites for hydroxylation is 2. The molecule has 1 saturated heterocycles. The smallest absolute Gasteiger partial charge is 0.253 e. The molecule has 4 rings (SSSR count). The summed E-state index contributed by atoms with van der Waals surface area (Å²) < 4.78 is 19.2. The highest BCUT2D eigenvalue weighted by Gasteiger charge is 2.31. The molecule has 0 bridgehead atoms. The van der Waals surface area contributed by atoms with E-state index in [2.05, 4.69) is 23.8 Å². The monoisotopic (exact) mass is 490 g/mol. The van der Waals surface area contributed by atoms with Crippen LogP contribution in [-0.2, 0) is 29.7 Å². The number of ether oxygens (including phenoxy) is 3. The van der Waals surface area contributed by atoms with E-state index in [0.717, 1.165) is 41.3 Å². The van der Waals surface area contributed by atoms with Crippen molar-refractivity contribution in [1.29, 1.82) is 0 Å². The molecule has 186 valence electrons. The maximum absolute atomic E-state index is 13.6. The zero-order valence-electron chi connectivity index (χ0n) is 20.6. The molecule has 1 fully saturated rings. The van der Waals surface area contributed by atoms with Gasteiger partial charge in [-0.25, -0.2) is 0 Å². The molecule has 1 atom stereocenters. The Hall–Kier alpha value is -2.29. The molecule has 34 heavy (non-hydrogen) atoms. The van der Waals surface area contributed by atoms with Crippen molar-refractivity contribution in [2.75, 3.05) is 39.5 Å². The molecular weight excluding hydrogens is 456 g/mol. The standard InChI is InChI=1S/C25H35ClN4O4/c1-17(2)13-30(14-19-6-7-21-22(12-19)33-10-5-9-32-21)25(31)23-16-29(8-11-34-23)15-20-18(3)27-28(4)24(20)26/h6-7,12,17,23H,5,8-11,13-16H2,1-4H3/t23-/m0/s1. The fourth-order valence-electron chi connectivity index (χ4n) is 4.48. The van der Waals surface area contributed by atoms with Crippen molar-refractivity contribution in [2.45, 2.75) is 46.4 Å². The van der Waals surface area contributed by atoms with E-state index in [1.165, 1.54) is 0 Å². The van der Waals surface area contributed by atoms with Crippen molar-refractivity contribution in [1.82, 2.24) is 19.6 Å². The van der Waals surface area contributed by atoms with E-state index >= 15 is 0 Å². The lowest BCUT2D eigenvalue weighted by atomic mass is 10.1. The van der Waals surface area contributed by atoms with Crippen LogP contribution in [0.2, 0.25) is 5.15 Å². The summed E-state index contributed by atoms with van der Waals surface area (Å²) in [4.78, 5) is 17.7. The summed E-state index contributed by atoms with van der Waals surface area (Å²) in [6, 6.07) is 5.94. The van der Waals surface area contributed by atoms with Crippen LogP contribution in [-0.4, -0.2) is 71.0 Å². The molecule has 8 nitrogen and oxygen atoms in total. The molecule has 0 unspecified atom stereocenters. The molecule has 3 heterocycles. The number of halogens is 1. The van der Waals surface area contributed by atoms with Gasteiger partial charge in [0.15, 0.2) is 11.5 Å². The summed E-state index contributed by atoms with van der Waals surface area (Å²) in [6.07, 6.45) is 0.352. The summed E-state index contributed by atoms with van der Waals surface area (Å²) in [6.45, 7) is 11.1. The number of carbonyl (C=O) groups excluding carboxylic acids is 1. The van der Waals surface area contributed by atoms with Crippen molar-refractivity contribution in [2.24, 2.45) is 13.0 Å². The highest BCUT2D eigenvalue weighted by atomic mass is 35.5. The molecule has 9 heteroatoms. The van der Waals surface area contributed by atoms with Crippen LogP contribution in [0.4, 0.5) is 0 Å². The Morgan fingerprint density at radius 2 is 2.00 bits per heavy atom. The fourth-order valence-corrected chi connectivity index (χ4v) is 4.71. The van der Waals surface area contributed by atoms with E-state index < -0.39 is 6.10 Å². The predicted octanol–water partition coefficient (Wildman–Crippen LogP) is 3.43. The van der Waals surface area contributed by atoms with Crippen LogP contribution in [0.15, 0.2) is 18.2 Å². The third-order valence-electron chi connectivity index (χ3n) is 6.16. The van der Waals surface area contributed by atoms with E-state index in [0.29, 0.717) is 57.1 Å². The SMILES string of the molecule is Cc1nn(C)c(Cl)c1CN1CCO[C@H](C(=O)N(Cc2ccc3c(c2)OCCCO3)CC(C)C)C1. The number of benzene rings is 1. The van der Waals surface area contributed by atoms with Crippen LogP contribution in [0.1, 0.15) is 37.1 Å². The summed E-state index contributed by atoms with van der Waals surface area (Å²) in [5, 5.41) is 5.05. The van der Waals surface area contributed by atoms with Gasteiger partial charge in [-0.05, 0) is 30.5 Å². The van der Waals surface area contributed by atoms with E-state index in [1.54, 1.807) is 4.68 Å². The first kappa shape index (κ1) is 24.8. The Kier molecular flexibility index (Phi) is 8.01. The predicted molar refractivity (Wildman–Crippen MR) is 130 cm³/mol. The molecule has 2 aromatic rings. The van der Waals surface area contributed by atoms with Crippen LogP contribution in [0, 0.1) is 12.8 Å². The topological polar surface area (TPSA) is 69.1 Å². The van der Waals surface area contributed by atoms with Gasteiger partial charge in [0, 0.05) is 51.8 Å². The average molecular weight is 491 g/mol. The molecule has 1 aromatic heterocycles. The Morgan fingerprint density at radius 3 is 2.71 bits per heavy atom. The van der Waals surface area contributed by atoms with Gasteiger partial charge in [0.05, 0.1) is 25.5 Å². The van der Waals surface area contributed by atoms with E-state index in [4.69, 9.17) is 25.8 Å². The van der Waals surface area contributed by atoms with Gasteiger partial charge in [-0.1, -0.05) is 31.5 Å². The van der Waals surface area contributed by atoms with E-state index in [-0.39, 0.29) is 5.91 Å². The molecule has 0 N–H and O–H groups in total. The maximum atomic E-state index is 13.6. The zero-order valence-corrected chi connectivity index (χ0v) is 21.3. The zero-order chi connectivity index (χ0) is 24.2. The lowest BCUT2D eigenvalue weighted by molar-refractivity contribution is -0.151. The molecule has 0 saturated carbocycles. The van der Waals surface area contributed by atoms with Crippen LogP contribution in [0.5, 0.6) is 11.5 Å². The second kappa shape index (κ2) is 11.0. The van der Waals surface area contributed by atoms with Crippen molar-refractivity contribution in [3.8, 4) is 11.5 Å². The Bertz CT molecular complexity index is 1010. The molecule has 2 aliphatic rings. The summed E-state index contributed by atoms with van der Waals surface area (Å²) in [7, 11) is 1.84. The van der Waals surface area contributed by atoms with Gasteiger partial charge in [0.2, 0.25) is 0 Å². The molecule has 2 aliphatic heterocycles. The van der Waals surface area contributed by atoms with Crippen molar-refractivity contribution >= 4 is 17.5 Å². The lowest BCUT2D eigenvalue weighted by Crippen LogP contribution is -2.51. The number of carbonyl (C=O) groups is 1. The molecule has 0 spiro atoms. The van der Waals surface area contributed by atoms with Crippen LogP contribution < -0.4 is 9.47 Å². The average Bonchev–Trinajstić information content (AvgIpc) is 2.97. The number of hydrogen-bond acceptors (Lipinski definition) is 6. The van der Waals surface area contributed by atoms with Gasteiger partial charge in [0.25, 0.3) is 5.91 Å². The van der Waals surface area contributed by atoms with Gasteiger partial charge in [-0.2, -0.15) is 5.10 Å². The molecule has 0 aliphatic carbocycles. The van der Waals surface area contributed by atoms with Crippen molar-refractivity contribution in [3.63, 3.8) is 0 Å². The fraction of sp³-hybridized carbons (Fsp3) is 0.600. The second-order valence-electron chi connectivity index (χ2n) is 9.52.